The fraction of sp³-hybridized carbons (Fsp3) is 0.357. The van der Waals surface area contributed by atoms with E-state index in [-0.39, 0.29) is 11.0 Å². The van der Waals surface area contributed by atoms with E-state index in [4.69, 9.17) is 17.0 Å². The van der Waals surface area contributed by atoms with Crippen LogP contribution < -0.4 is 20.9 Å². The lowest BCUT2D eigenvalue weighted by molar-refractivity contribution is -0.121. The second-order valence-electron chi connectivity index (χ2n) is 4.28. The summed E-state index contributed by atoms with van der Waals surface area (Å²) in [7, 11) is 0. The molecule has 1 aromatic carbocycles. The standard InChI is InChI=1S/C14H18BrN3O3S/c1-3-5-12(19)17-18-14(22)16-13(20)10-8-9(15)6-7-11(10)21-4-2/h6-8H,3-5H2,1-2H3,(H,17,19)(H2,16,18,20,22). The number of hydrogen-bond donors (Lipinski definition) is 3. The summed E-state index contributed by atoms with van der Waals surface area (Å²) >= 11 is 8.27. The van der Waals surface area contributed by atoms with E-state index < -0.39 is 5.91 Å². The Bertz CT molecular complexity index is 566. The zero-order valence-electron chi connectivity index (χ0n) is 12.4. The molecule has 0 radical (unpaired) electrons. The highest BCUT2D eigenvalue weighted by Crippen LogP contribution is 2.23. The van der Waals surface area contributed by atoms with Crippen LogP contribution in [0, 0.1) is 0 Å². The van der Waals surface area contributed by atoms with Gasteiger partial charge in [-0.15, -0.1) is 0 Å². The first-order chi connectivity index (χ1) is 10.5. The highest BCUT2D eigenvalue weighted by Gasteiger charge is 2.14. The van der Waals surface area contributed by atoms with Crippen LogP contribution in [0.15, 0.2) is 22.7 Å². The molecule has 22 heavy (non-hydrogen) atoms. The Morgan fingerprint density at radius 1 is 1.27 bits per heavy atom. The van der Waals surface area contributed by atoms with Gasteiger partial charge in [0.15, 0.2) is 5.11 Å². The third-order valence-electron chi connectivity index (χ3n) is 2.51. The van der Waals surface area contributed by atoms with E-state index in [1.807, 2.05) is 13.8 Å². The Morgan fingerprint density at radius 2 is 2.00 bits per heavy atom. The molecule has 2 amide bonds. The first-order valence-corrected chi connectivity index (χ1v) is 8.00. The first kappa shape index (κ1) is 18.4. The molecule has 6 nitrogen and oxygen atoms in total. The van der Waals surface area contributed by atoms with E-state index in [0.717, 1.165) is 10.9 Å². The van der Waals surface area contributed by atoms with Crippen molar-refractivity contribution in [1.29, 1.82) is 0 Å². The molecule has 1 rings (SSSR count). The summed E-state index contributed by atoms with van der Waals surface area (Å²) in [6.07, 6.45) is 1.10. The minimum Gasteiger partial charge on any atom is -0.493 e. The van der Waals surface area contributed by atoms with Crippen molar-refractivity contribution < 1.29 is 14.3 Å². The van der Waals surface area contributed by atoms with Crippen molar-refractivity contribution in [2.45, 2.75) is 26.7 Å². The lowest BCUT2D eigenvalue weighted by Gasteiger charge is -2.13. The van der Waals surface area contributed by atoms with Crippen LogP contribution in [0.1, 0.15) is 37.0 Å². The van der Waals surface area contributed by atoms with Crippen LogP contribution in [0.25, 0.3) is 0 Å². The van der Waals surface area contributed by atoms with E-state index in [1.54, 1.807) is 18.2 Å². The minimum atomic E-state index is -0.424. The lowest BCUT2D eigenvalue weighted by Crippen LogP contribution is -2.48. The zero-order chi connectivity index (χ0) is 16.5. The Balaban J connectivity index is 2.66. The predicted octanol–water partition coefficient (Wildman–Crippen LogP) is 2.28. The number of ether oxygens (including phenoxy) is 1. The van der Waals surface area contributed by atoms with Gasteiger partial charge in [-0.3, -0.25) is 25.8 Å². The normalized spacial score (nSPS) is 9.77. The molecule has 0 saturated heterocycles. The van der Waals surface area contributed by atoms with Gasteiger partial charge in [0.25, 0.3) is 5.91 Å². The first-order valence-electron chi connectivity index (χ1n) is 6.80. The van der Waals surface area contributed by atoms with Crippen molar-refractivity contribution in [3.63, 3.8) is 0 Å². The highest BCUT2D eigenvalue weighted by molar-refractivity contribution is 9.10. The van der Waals surface area contributed by atoms with Crippen LogP contribution in [0.4, 0.5) is 0 Å². The molecule has 0 aliphatic carbocycles. The fourth-order valence-corrected chi connectivity index (χ4v) is 2.08. The number of hydrazine groups is 1. The largest absolute Gasteiger partial charge is 0.493 e. The number of thiocarbonyl (C=S) groups is 1. The van der Waals surface area contributed by atoms with Crippen LogP contribution in [0.2, 0.25) is 0 Å². The van der Waals surface area contributed by atoms with Gasteiger partial charge < -0.3 is 4.74 Å². The predicted molar refractivity (Wildman–Crippen MR) is 91.6 cm³/mol. The summed E-state index contributed by atoms with van der Waals surface area (Å²) in [6.45, 7) is 4.17. The maximum absolute atomic E-state index is 12.2. The highest BCUT2D eigenvalue weighted by atomic mass is 79.9. The van der Waals surface area contributed by atoms with Gasteiger partial charge in [-0.2, -0.15) is 0 Å². The molecule has 0 fully saturated rings. The van der Waals surface area contributed by atoms with Gasteiger partial charge in [-0.05, 0) is 43.8 Å². The van der Waals surface area contributed by atoms with E-state index in [1.165, 1.54) is 0 Å². The quantitative estimate of drug-likeness (QED) is 0.533. The summed E-state index contributed by atoms with van der Waals surface area (Å²) in [5.74, 6) is -0.162. The molecular weight excluding hydrogens is 370 g/mol. The zero-order valence-corrected chi connectivity index (χ0v) is 14.8. The Labute approximate surface area is 143 Å². The van der Waals surface area contributed by atoms with Crippen LogP contribution in [-0.2, 0) is 4.79 Å². The monoisotopic (exact) mass is 387 g/mol. The number of rotatable bonds is 5. The third-order valence-corrected chi connectivity index (χ3v) is 3.20. The average molecular weight is 388 g/mol. The lowest BCUT2D eigenvalue weighted by atomic mass is 10.2. The fourth-order valence-electron chi connectivity index (χ4n) is 1.58. The minimum absolute atomic E-state index is 0.0110. The smallest absolute Gasteiger partial charge is 0.261 e. The molecule has 3 N–H and O–H groups in total. The summed E-state index contributed by atoms with van der Waals surface area (Å²) in [6, 6.07) is 5.11. The molecule has 0 aliphatic rings. The van der Waals surface area contributed by atoms with E-state index in [2.05, 4.69) is 32.1 Å². The molecule has 1 aromatic rings. The molecule has 0 bridgehead atoms. The molecule has 120 valence electrons. The van der Waals surface area contributed by atoms with Crippen molar-refractivity contribution in [2.24, 2.45) is 0 Å². The second kappa shape index (κ2) is 9.37. The topological polar surface area (TPSA) is 79.5 Å². The Morgan fingerprint density at radius 3 is 2.64 bits per heavy atom. The molecule has 0 saturated carbocycles. The summed E-state index contributed by atoms with van der Waals surface area (Å²) in [5.41, 5.74) is 5.23. The third kappa shape index (κ3) is 5.98. The molecule has 0 atom stereocenters. The number of benzene rings is 1. The Hall–Kier alpha value is -1.67. The van der Waals surface area contributed by atoms with Gasteiger partial charge in [0.05, 0.1) is 12.2 Å². The van der Waals surface area contributed by atoms with Crippen LogP contribution in [0.5, 0.6) is 5.75 Å². The molecule has 0 unspecified atom stereocenters. The van der Waals surface area contributed by atoms with Crippen molar-refractivity contribution in [2.75, 3.05) is 6.61 Å². The van der Waals surface area contributed by atoms with Gasteiger partial charge in [-0.25, -0.2) is 0 Å². The molecular formula is C14H18BrN3O3S. The molecule has 0 heterocycles. The number of carbonyl (C=O) groups is 2. The van der Waals surface area contributed by atoms with Crippen molar-refractivity contribution >= 4 is 45.1 Å². The van der Waals surface area contributed by atoms with E-state index in [0.29, 0.717) is 24.3 Å². The molecule has 0 aromatic heterocycles. The van der Waals surface area contributed by atoms with Crippen LogP contribution >= 0.6 is 28.1 Å². The molecule has 8 heteroatoms. The van der Waals surface area contributed by atoms with Crippen molar-refractivity contribution in [3.05, 3.63) is 28.2 Å². The van der Waals surface area contributed by atoms with E-state index in [9.17, 15) is 9.59 Å². The Kier molecular flexibility index (Phi) is 7.83. The second-order valence-corrected chi connectivity index (χ2v) is 5.60. The van der Waals surface area contributed by atoms with Crippen molar-refractivity contribution in [1.82, 2.24) is 16.2 Å². The number of nitrogens with one attached hydrogen (secondary N) is 3. The van der Waals surface area contributed by atoms with Gasteiger partial charge in [0.1, 0.15) is 5.75 Å². The SMILES string of the molecule is CCCC(=O)NNC(=S)NC(=O)c1cc(Br)ccc1OCC. The number of carbonyl (C=O) groups excluding carboxylic acids is 2. The maximum atomic E-state index is 12.2. The van der Waals surface area contributed by atoms with Crippen LogP contribution in [0.3, 0.4) is 0 Å². The van der Waals surface area contributed by atoms with Crippen LogP contribution in [-0.4, -0.2) is 23.5 Å². The molecule has 0 spiro atoms. The number of hydrogen-bond acceptors (Lipinski definition) is 4. The van der Waals surface area contributed by atoms with Gasteiger partial charge in [0.2, 0.25) is 5.91 Å². The maximum Gasteiger partial charge on any atom is 0.261 e. The van der Waals surface area contributed by atoms with Crippen molar-refractivity contribution in [3.8, 4) is 5.75 Å². The summed E-state index contributed by atoms with van der Waals surface area (Å²) in [4.78, 5) is 23.5. The molecule has 0 aliphatic heterocycles. The number of halogens is 1. The average Bonchev–Trinajstić information content (AvgIpc) is 2.47. The van der Waals surface area contributed by atoms with Gasteiger partial charge in [-0.1, -0.05) is 22.9 Å². The summed E-state index contributed by atoms with van der Waals surface area (Å²) < 4.78 is 6.16. The van der Waals surface area contributed by atoms with Gasteiger partial charge >= 0.3 is 0 Å². The summed E-state index contributed by atoms with van der Waals surface area (Å²) in [5, 5.41) is 2.50. The van der Waals surface area contributed by atoms with Gasteiger partial charge in [0, 0.05) is 10.9 Å². The van der Waals surface area contributed by atoms with E-state index >= 15 is 0 Å². The number of amides is 2.